The molecule has 5 rings (SSSR count). The van der Waals surface area contributed by atoms with Crippen molar-refractivity contribution in [2.75, 3.05) is 13.1 Å². The van der Waals surface area contributed by atoms with Gasteiger partial charge in [-0.1, -0.05) is 17.3 Å². The molecule has 1 fully saturated rings. The number of hydrogen-bond donors (Lipinski definition) is 0. The summed E-state index contributed by atoms with van der Waals surface area (Å²) in [6.45, 7) is 1.08. The van der Waals surface area contributed by atoms with Crippen LogP contribution in [0.25, 0.3) is 22.4 Å². The summed E-state index contributed by atoms with van der Waals surface area (Å²) in [5.74, 6) is 1.09. The lowest BCUT2D eigenvalue weighted by Gasteiger charge is -2.36. The largest absolute Gasteiger partial charge is 0.339 e. The number of thiophene rings is 1. The topological polar surface area (TPSA) is 85.0 Å². The van der Waals surface area contributed by atoms with Crippen LogP contribution in [0.1, 0.15) is 22.3 Å². The van der Waals surface area contributed by atoms with E-state index in [1.54, 1.807) is 16.2 Å². The Hall–Kier alpha value is -3.13. The Morgan fingerprint density at radius 3 is 2.81 bits per heavy atom. The smallest absolute Gasteiger partial charge is 0.274 e. The lowest BCUT2D eigenvalue weighted by atomic mass is 9.99. The first-order valence-electron chi connectivity index (χ1n) is 8.15. The Balaban J connectivity index is 1.29. The van der Waals surface area contributed by atoms with Gasteiger partial charge in [-0.2, -0.15) is 16.3 Å². The number of likely N-dealkylation sites (tertiary alicyclic amines) is 1. The molecule has 1 amide bonds. The van der Waals surface area contributed by atoms with Crippen molar-refractivity contribution >= 4 is 28.3 Å². The summed E-state index contributed by atoms with van der Waals surface area (Å²) < 4.78 is 5.36. The molecule has 4 heterocycles. The summed E-state index contributed by atoms with van der Waals surface area (Å²) in [5.41, 5.74) is 2.79. The molecule has 0 spiro atoms. The van der Waals surface area contributed by atoms with Gasteiger partial charge in [0.1, 0.15) is 5.69 Å². The average Bonchev–Trinajstić information content (AvgIpc) is 3.31. The molecule has 0 atom stereocenters. The first-order chi connectivity index (χ1) is 12.8. The second-order valence-corrected chi connectivity index (χ2v) is 6.90. The van der Waals surface area contributed by atoms with E-state index in [1.165, 1.54) is 6.20 Å². The van der Waals surface area contributed by atoms with Gasteiger partial charge in [-0.05, 0) is 23.6 Å². The molecule has 0 aliphatic carbocycles. The highest BCUT2D eigenvalue weighted by Gasteiger charge is 2.36. The van der Waals surface area contributed by atoms with Gasteiger partial charge in [0, 0.05) is 24.0 Å². The van der Waals surface area contributed by atoms with Gasteiger partial charge in [-0.25, -0.2) is 4.98 Å². The minimum Gasteiger partial charge on any atom is -0.339 e. The van der Waals surface area contributed by atoms with E-state index in [0.29, 0.717) is 36.0 Å². The Morgan fingerprint density at radius 2 is 2.00 bits per heavy atom. The number of carbonyl (C=O) groups is 1. The number of benzene rings is 1. The fourth-order valence-electron chi connectivity index (χ4n) is 2.93. The monoisotopic (exact) mass is 363 g/mol. The van der Waals surface area contributed by atoms with Crippen molar-refractivity contribution in [1.82, 2.24) is 25.0 Å². The molecule has 1 aromatic carbocycles. The van der Waals surface area contributed by atoms with Gasteiger partial charge in [0.15, 0.2) is 0 Å². The Labute approximate surface area is 152 Å². The summed E-state index contributed by atoms with van der Waals surface area (Å²) in [6, 6.07) is 9.45. The van der Waals surface area contributed by atoms with Gasteiger partial charge in [-0.15, -0.1) is 0 Å². The summed E-state index contributed by atoms with van der Waals surface area (Å²) >= 11 is 1.59. The maximum absolute atomic E-state index is 12.6. The number of hydrogen-bond acceptors (Lipinski definition) is 7. The highest BCUT2D eigenvalue weighted by molar-refractivity contribution is 7.08. The fourth-order valence-corrected chi connectivity index (χ4v) is 3.57. The molecule has 1 saturated heterocycles. The molecule has 1 aliphatic heterocycles. The van der Waals surface area contributed by atoms with Crippen molar-refractivity contribution in [3.8, 4) is 11.4 Å². The minimum atomic E-state index is -0.128. The second kappa shape index (κ2) is 5.99. The lowest BCUT2D eigenvalue weighted by molar-refractivity contribution is 0.0563. The van der Waals surface area contributed by atoms with Crippen molar-refractivity contribution < 1.29 is 9.32 Å². The number of carbonyl (C=O) groups excluding carboxylic acids is 1. The van der Waals surface area contributed by atoms with Crippen LogP contribution in [-0.4, -0.2) is 44.0 Å². The Morgan fingerprint density at radius 1 is 1.15 bits per heavy atom. The van der Waals surface area contributed by atoms with Gasteiger partial charge in [0.2, 0.25) is 11.7 Å². The summed E-state index contributed by atoms with van der Waals surface area (Å²) in [7, 11) is 0. The normalized spacial score (nSPS) is 14.5. The van der Waals surface area contributed by atoms with E-state index >= 15 is 0 Å². The number of rotatable bonds is 3. The van der Waals surface area contributed by atoms with E-state index in [9.17, 15) is 4.79 Å². The zero-order chi connectivity index (χ0) is 17.5. The molecule has 3 aromatic heterocycles. The van der Waals surface area contributed by atoms with Crippen LogP contribution in [0.5, 0.6) is 0 Å². The predicted octanol–water partition coefficient (Wildman–Crippen LogP) is 2.98. The van der Waals surface area contributed by atoms with Crippen LogP contribution in [0.4, 0.5) is 0 Å². The van der Waals surface area contributed by atoms with Gasteiger partial charge in [0.25, 0.3) is 5.91 Å². The number of nitrogens with zero attached hydrogens (tertiary/aromatic N) is 5. The van der Waals surface area contributed by atoms with Crippen molar-refractivity contribution in [2.45, 2.75) is 5.92 Å². The van der Waals surface area contributed by atoms with Crippen LogP contribution in [0, 0.1) is 0 Å². The molecule has 0 radical (unpaired) electrons. The van der Waals surface area contributed by atoms with Crippen molar-refractivity contribution in [1.29, 1.82) is 0 Å². The molecule has 0 unspecified atom stereocenters. The van der Waals surface area contributed by atoms with E-state index in [0.717, 1.165) is 11.1 Å². The number of fused-ring (bicyclic) bond motifs is 1. The average molecular weight is 363 g/mol. The third kappa shape index (κ3) is 2.55. The fraction of sp³-hybridized carbons (Fsp3) is 0.167. The van der Waals surface area contributed by atoms with Crippen LogP contribution >= 0.6 is 11.3 Å². The van der Waals surface area contributed by atoms with Gasteiger partial charge >= 0.3 is 0 Å². The van der Waals surface area contributed by atoms with Gasteiger partial charge in [-0.3, -0.25) is 9.78 Å². The van der Waals surface area contributed by atoms with Crippen LogP contribution in [0.15, 0.2) is 51.8 Å². The summed E-state index contributed by atoms with van der Waals surface area (Å²) in [6.07, 6.45) is 1.53. The highest BCUT2D eigenvalue weighted by Crippen LogP contribution is 2.29. The Kier molecular flexibility index (Phi) is 3.49. The molecule has 26 heavy (non-hydrogen) atoms. The van der Waals surface area contributed by atoms with Gasteiger partial charge < -0.3 is 9.42 Å². The zero-order valence-electron chi connectivity index (χ0n) is 13.6. The van der Waals surface area contributed by atoms with E-state index in [4.69, 9.17) is 4.52 Å². The van der Waals surface area contributed by atoms with Crippen molar-refractivity contribution in [2.24, 2.45) is 0 Å². The number of para-hydroxylation sites is 2. The maximum Gasteiger partial charge on any atom is 0.274 e. The summed E-state index contributed by atoms with van der Waals surface area (Å²) in [4.78, 5) is 27.5. The number of amides is 1. The predicted molar refractivity (Wildman–Crippen MR) is 95.8 cm³/mol. The van der Waals surface area contributed by atoms with Crippen molar-refractivity contribution in [3.63, 3.8) is 0 Å². The standard InChI is InChI=1S/C18H13N5O2S/c24-18(15-7-19-13-3-1-2-4-14(13)20-15)23-8-12(9-23)17-21-16(22-25-17)11-5-6-26-10-11/h1-7,10,12H,8-9H2. The van der Waals surface area contributed by atoms with E-state index in [1.807, 2.05) is 41.1 Å². The molecule has 128 valence electrons. The van der Waals surface area contributed by atoms with Gasteiger partial charge in [0.05, 0.1) is 23.1 Å². The molecule has 7 nitrogen and oxygen atoms in total. The Bertz CT molecular complexity index is 1090. The summed E-state index contributed by atoms with van der Waals surface area (Å²) in [5, 5.41) is 7.97. The van der Waals surface area contributed by atoms with Crippen LogP contribution < -0.4 is 0 Å². The van der Waals surface area contributed by atoms with Crippen LogP contribution in [0.3, 0.4) is 0 Å². The first kappa shape index (κ1) is 15.2. The van der Waals surface area contributed by atoms with E-state index in [-0.39, 0.29) is 11.8 Å². The van der Waals surface area contributed by atoms with Crippen LogP contribution in [0.2, 0.25) is 0 Å². The molecule has 1 aliphatic rings. The molecule has 8 heteroatoms. The molecule has 0 N–H and O–H groups in total. The lowest BCUT2D eigenvalue weighted by Crippen LogP contribution is -2.48. The quantitative estimate of drug-likeness (QED) is 0.556. The second-order valence-electron chi connectivity index (χ2n) is 6.12. The van der Waals surface area contributed by atoms with Crippen molar-refractivity contribution in [3.05, 3.63) is 58.9 Å². The molecule has 0 saturated carbocycles. The van der Waals surface area contributed by atoms with E-state index in [2.05, 4.69) is 20.1 Å². The third-order valence-electron chi connectivity index (χ3n) is 4.41. The highest BCUT2D eigenvalue weighted by atomic mass is 32.1. The maximum atomic E-state index is 12.6. The molecular weight excluding hydrogens is 350 g/mol. The third-order valence-corrected chi connectivity index (χ3v) is 5.09. The SMILES string of the molecule is O=C(c1cnc2ccccc2n1)N1CC(c2nc(-c3ccsc3)no2)C1. The molecule has 0 bridgehead atoms. The van der Waals surface area contributed by atoms with E-state index < -0.39 is 0 Å². The first-order valence-corrected chi connectivity index (χ1v) is 9.09. The molecular formula is C18H13N5O2S. The molecule has 4 aromatic rings. The number of aromatic nitrogens is 4. The van der Waals surface area contributed by atoms with Crippen LogP contribution in [-0.2, 0) is 0 Å². The zero-order valence-corrected chi connectivity index (χ0v) is 14.4. The minimum absolute atomic E-state index is 0.0623.